The van der Waals surface area contributed by atoms with Gasteiger partial charge in [-0.25, -0.2) is 0 Å². The highest BCUT2D eigenvalue weighted by Crippen LogP contribution is 2.28. The standard InChI is InChI=1S/C19H21ClN2O2S/c1-2-24-18-12-14(6-7-17(18)23)19(25)22-10-8-21(9-11-22)16-5-3-4-15(20)13-16/h3-7,12-13,23H,2,8-11H2,1H3. The summed E-state index contributed by atoms with van der Waals surface area (Å²) in [7, 11) is 0. The molecule has 1 saturated heterocycles. The monoisotopic (exact) mass is 376 g/mol. The van der Waals surface area contributed by atoms with E-state index < -0.39 is 0 Å². The van der Waals surface area contributed by atoms with Crippen molar-refractivity contribution < 1.29 is 9.84 Å². The van der Waals surface area contributed by atoms with E-state index in [1.807, 2.05) is 37.3 Å². The quantitative estimate of drug-likeness (QED) is 0.818. The molecule has 1 heterocycles. The van der Waals surface area contributed by atoms with Crippen molar-refractivity contribution in [3.63, 3.8) is 0 Å². The van der Waals surface area contributed by atoms with Crippen molar-refractivity contribution >= 4 is 34.5 Å². The van der Waals surface area contributed by atoms with Gasteiger partial charge >= 0.3 is 0 Å². The molecule has 0 spiro atoms. The number of halogens is 1. The second-order valence-electron chi connectivity index (χ2n) is 5.87. The number of rotatable bonds is 4. The summed E-state index contributed by atoms with van der Waals surface area (Å²) in [6.07, 6.45) is 0. The first-order valence-electron chi connectivity index (χ1n) is 8.34. The smallest absolute Gasteiger partial charge is 0.161 e. The number of anilines is 1. The number of phenols is 1. The van der Waals surface area contributed by atoms with E-state index in [4.69, 9.17) is 28.6 Å². The summed E-state index contributed by atoms with van der Waals surface area (Å²) in [5.41, 5.74) is 2.04. The van der Waals surface area contributed by atoms with Gasteiger partial charge in [0, 0.05) is 42.5 Å². The average molecular weight is 377 g/mol. The van der Waals surface area contributed by atoms with Crippen LogP contribution in [0.25, 0.3) is 0 Å². The van der Waals surface area contributed by atoms with Gasteiger partial charge in [0.2, 0.25) is 0 Å². The summed E-state index contributed by atoms with van der Waals surface area (Å²) in [6, 6.07) is 13.2. The topological polar surface area (TPSA) is 35.9 Å². The van der Waals surface area contributed by atoms with E-state index in [1.54, 1.807) is 6.07 Å². The van der Waals surface area contributed by atoms with E-state index in [0.29, 0.717) is 12.4 Å². The lowest BCUT2D eigenvalue weighted by Crippen LogP contribution is -2.48. The number of thiocarbonyl (C=S) groups is 1. The van der Waals surface area contributed by atoms with Crippen LogP contribution < -0.4 is 9.64 Å². The molecule has 0 saturated carbocycles. The molecule has 1 aliphatic rings. The molecule has 0 aliphatic carbocycles. The third-order valence-corrected chi connectivity index (χ3v) is 4.98. The molecule has 0 amide bonds. The molecule has 1 N–H and O–H groups in total. The van der Waals surface area contributed by atoms with Crippen LogP contribution in [0.4, 0.5) is 5.69 Å². The van der Waals surface area contributed by atoms with Gasteiger partial charge in [-0.1, -0.05) is 29.9 Å². The van der Waals surface area contributed by atoms with Crippen LogP contribution >= 0.6 is 23.8 Å². The summed E-state index contributed by atoms with van der Waals surface area (Å²) >= 11 is 11.7. The predicted octanol–water partition coefficient (Wildman–Crippen LogP) is 3.94. The number of hydrogen-bond acceptors (Lipinski definition) is 4. The molecule has 0 radical (unpaired) electrons. The molecule has 0 unspecified atom stereocenters. The molecule has 3 rings (SSSR count). The van der Waals surface area contributed by atoms with E-state index in [9.17, 15) is 5.11 Å². The highest BCUT2D eigenvalue weighted by molar-refractivity contribution is 7.80. The lowest BCUT2D eigenvalue weighted by Gasteiger charge is -2.37. The van der Waals surface area contributed by atoms with E-state index in [0.717, 1.165) is 47.4 Å². The van der Waals surface area contributed by atoms with Gasteiger partial charge in [0.1, 0.15) is 4.99 Å². The van der Waals surface area contributed by atoms with E-state index in [2.05, 4.69) is 15.9 Å². The Balaban J connectivity index is 1.66. The summed E-state index contributed by atoms with van der Waals surface area (Å²) < 4.78 is 5.45. The summed E-state index contributed by atoms with van der Waals surface area (Å²) in [6.45, 7) is 5.85. The minimum Gasteiger partial charge on any atom is -0.504 e. The Hall–Kier alpha value is -1.98. The van der Waals surface area contributed by atoms with Crippen LogP contribution in [0.5, 0.6) is 11.5 Å². The first-order valence-corrected chi connectivity index (χ1v) is 9.12. The maximum Gasteiger partial charge on any atom is 0.161 e. The second-order valence-corrected chi connectivity index (χ2v) is 6.70. The molecule has 4 nitrogen and oxygen atoms in total. The van der Waals surface area contributed by atoms with Gasteiger partial charge in [-0.3, -0.25) is 0 Å². The van der Waals surface area contributed by atoms with Crippen LogP contribution in [0, 0.1) is 0 Å². The predicted molar refractivity (Wildman–Crippen MR) is 106 cm³/mol. The SMILES string of the molecule is CCOc1cc(C(=S)N2CCN(c3cccc(Cl)c3)CC2)ccc1O. The number of aromatic hydroxyl groups is 1. The number of nitrogens with zero attached hydrogens (tertiary/aromatic N) is 2. The van der Waals surface area contributed by atoms with Gasteiger partial charge in [-0.05, 0) is 43.3 Å². The van der Waals surface area contributed by atoms with Gasteiger partial charge in [-0.15, -0.1) is 0 Å². The Morgan fingerprint density at radius 2 is 1.92 bits per heavy atom. The molecule has 0 bridgehead atoms. The van der Waals surface area contributed by atoms with Crippen LogP contribution in [0.1, 0.15) is 12.5 Å². The molecular formula is C19H21ClN2O2S. The van der Waals surface area contributed by atoms with Gasteiger partial charge in [0.15, 0.2) is 11.5 Å². The maximum atomic E-state index is 9.84. The van der Waals surface area contributed by atoms with E-state index >= 15 is 0 Å². The van der Waals surface area contributed by atoms with Crippen molar-refractivity contribution in [3.05, 3.63) is 53.1 Å². The fourth-order valence-electron chi connectivity index (χ4n) is 2.94. The third kappa shape index (κ3) is 4.17. The molecule has 0 atom stereocenters. The Bertz CT molecular complexity index is 761. The number of benzene rings is 2. The van der Waals surface area contributed by atoms with Crippen molar-refractivity contribution in [2.75, 3.05) is 37.7 Å². The first-order chi connectivity index (χ1) is 12.1. The lowest BCUT2D eigenvalue weighted by molar-refractivity contribution is 0.318. The molecule has 0 aromatic heterocycles. The van der Waals surface area contributed by atoms with Crippen molar-refractivity contribution in [3.8, 4) is 11.5 Å². The van der Waals surface area contributed by atoms with E-state index in [-0.39, 0.29) is 5.75 Å². The highest BCUT2D eigenvalue weighted by atomic mass is 35.5. The van der Waals surface area contributed by atoms with Gasteiger partial charge in [-0.2, -0.15) is 0 Å². The maximum absolute atomic E-state index is 9.84. The average Bonchev–Trinajstić information content (AvgIpc) is 2.63. The molecule has 132 valence electrons. The highest BCUT2D eigenvalue weighted by Gasteiger charge is 2.21. The first kappa shape index (κ1) is 17.8. The lowest BCUT2D eigenvalue weighted by atomic mass is 10.1. The van der Waals surface area contributed by atoms with Crippen molar-refractivity contribution in [1.29, 1.82) is 0 Å². The van der Waals surface area contributed by atoms with Crippen LogP contribution in [-0.2, 0) is 0 Å². The van der Waals surface area contributed by atoms with Gasteiger partial charge < -0.3 is 19.6 Å². The minimum atomic E-state index is 0.138. The zero-order chi connectivity index (χ0) is 17.8. The largest absolute Gasteiger partial charge is 0.504 e. The number of hydrogen-bond donors (Lipinski definition) is 1. The fraction of sp³-hybridized carbons (Fsp3) is 0.316. The minimum absolute atomic E-state index is 0.138. The Kier molecular flexibility index (Phi) is 5.66. The second kappa shape index (κ2) is 7.93. The Labute approximate surface area is 158 Å². The van der Waals surface area contributed by atoms with Gasteiger partial charge in [0.05, 0.1) is 6.61 Å². The number of ether oxygens (including phenoxy) is 1. The molecular weight excluding hydrogens is 356 g/mol. The fourth-order valence-corrected chi connectivity index (χ4v) is 3.44. The summed E-state index contributed by atoms with van der Waals surface area (Å²) in [4.78, 5) is 5.29. The van der Waals surface area contributed by atoms with Gasteiger partial charge in [0.25, 0.3) is 0 Å². The third-order valence-electron chi connectivity index (χ3n) is 4.25. The zero-order valence-electron chi connectivity index (χ0n) is 14.1. The normalized spacial score (nSPS) is 14.5. The van der Waals surface area contributed by atoms with Crippen molar-refractivity contribution in [2.45, 2.75) is 6.92 Å². The van der Waals surface area contributed by atoms with Crippen LogP contribution in [0.2, 0.25) is 5.02 Å². The molecule has 2 aromatic carbocycles. The molecule has 6 heteroatoms. The molecule has 1 fully saturated rings. The van der Waals surface area contributed by atoms with Crippen molar-refractivity contribution in [1.82, 2.24) is 4.90 Å². The summed E-state index contributed by atoms with van der Waals surface area (Å²) in [5, 5.41) is 10.6. The van der Waals surface area contributed by atoms with E-state index in [1.165, 1.54) is 0 Å². The molecule has 2 aromatic rings. The Morgan fingerprint density at radius 3 is 2.60 bits per heavy atom. The summed E-state index contributed by atoms with van der Waals surface area (Å²) in [5.74, 6) is 0.610. The van der Waals surface area contributed by atoms with Crippen molar-refractivity contribution in [2.24, 2.45) is 0 Å². The van der Waals surface area contributed by atoms with Crippen LogP contribution in [0.15, 0.2) is 42.5 Å². The number of piperazine rings is 1. The molecule has 25 heavy (non-hydrogen) atoms. The molecule has 1 aliphatic heterocycles. The number of phenolic OH excluding ortho intramolecular Hbond substituents is 1. The zero-order valence-corrected chi connectivity index (χ0v) is 15.7. The van der Waals surface area contributed by atoms with Crippen LogP contribution in [0.3, 0.4) is 0 Å². The van der Waals surface area contributed by atoms with Crippen LogP contribution in [-0.4, -0.2) is 47.8 Å². The Morgan fingerprint density at radius 1 is 1.16 bits per heavy atom.